The van der Waals surface area contributed by atoms with Crippen LogP contribution in [0.3, 0.4) is 0 Å². The van der Waals surface area contributed by atoms with Gasteiger partial charge in [-0.2, -0.15) is 0 Å². The molecule has 1 unspecified atom stereocenters. The molecule has 0 aromatic heterocycles. The van der Waals surface area contributed by atoms with Crippen LogP contribution in [0.5, 0.6) is 5.75 Å². The Morgan fingerprint density at radius 1 is 1.30 bits per heavy atom. The van der Waals surface area contributed by atoms with Crippen LogP contribution in [0.25, 0.3) is 0 Å². The number of aliphatic imine (C=N–C) groups is 1. The zero-order valence-corrected chi connectivity index (χ0v) is 16.4. The smallest absolute Gasteiger partial charge is 0.238 e. The van der Waals surface area contributed by atoms with Crippen molar-refractivity contribution in [3.63, 3.8) is 0 Å². The average Bonchev–Trinajstić information content (AvgIpc) is 2.67. The SMILES string of the molecule is COc1cccc(N=C2SC(C(=O)Nc3ccc(Cl)cc3)CC(=O)N2C)c1. The molecule has 1 aliphatic heterocycles. The first-order valence-electron chi connectivity index (χ1n) is 8.18. The molecule has 1 fully saturated rings. The first-order chi connectivity index (χ1) is 13.0. The lowest BCUT2D eigenvalue weighted by atomic mass is 10.2. The first-order valence-corrected chi connectivity index (χ1v) is 9.44. The molecule has 1 N–H and O–H groups in total. The van der Waals surface area contributed by atoms with Gasteiger partial charge in [-0.25, -0.2) is 4.99 Å². The molecule has 27 heavy (non-hydrogen) atoms. The van der Waals surface area contributed by atoms with Crippen molar-refractivity contribution in [2.45, 2.75) is 11.7 Å². The number of carbonyl (C=O) groups is 2. The molecular weight excluding hydrogens is 386 g/mol. The van der Waals surface area contributed by atoms with Crippen LogP contribution in [0.1, 0.15) is 6.42 Å². The normalized spacial score (nSPS) is 18.5. The maximum Gasteiger partial charge on any atom is 0.238 e. The molecule has 1 saturated heterocycles. The van der Waals surface area contributed by atoms with Gasteiger partial charge in [0.1, 0.15) is 11.0 Å². The van der Waals surface area contributed by atoms with E-state index < -0.39 is 5.25 Å². The van der Waals surface area contributed by atoms with E-state index in [0.717, 1.165) is 0 Å². The Kier molecular flexibility index (Phi) is 6.03. The molecule has 0 spiro atoms. The van der Waals surface area contributed by atoms with Crippen molar-refractivity contribution in [1.29, 1.82) is 0 Å². The van der Waals surface area contributed by atoms with E-state index >= 15 is 0 Å². The predicted octanol–water partition coefficient (Wildman–Crippen LogP) is 3.94. The van der Waals surface area contributed by atoms with Crippen molar-refractivity contribution in [2.24, 2.45) is 4.99 Å². The summed E-state index contributed by atoms with van der Waals surface area (Å²) >= 11 is 7.12. The number of carbonyl (C=O) groups excluding carboxylic acids is 2. The molecule has 2 amide bonds. The second-order valence-electron chi connectivity index (χ2n) is 5.86. The molecule has 1 aliphatic rings. The molecule has 0 saturated carbocycles. The van der Waals surface area contributed by atoms with E-state index in [1.807, 2.05) is 18.2 Å². The number of hydrogen-bond donors (Lipinski definition) is 1. The fourth-order valence-electron chi connectivity index (χ4n) is 2.44. The van der Waals surface area contributed by atoms with Crippen LogP contribution < -0.4 is 10.1 Å². The lowest BCUT2D eigenvalue weighted by molar-refractivity contribution is -0.128. The number of benzene rings is 2. The van der Waals surface area contributed by atoms with Gasteiger partial charge >= 0.3 is 0 Å². The largest absolute Gasteiger partial charge is 0.497 e. The third kappa shape index (κ3) is 4.81. The molecule has 3 rings (SSSR count). The minimum absolute atomic E-state index is 0.109. The molecule has 1 heterocycles. The quantitative estimate of drug-likeness (QED) is 0.839. The van der Waals surface area contributed by atoms with E-state index in [1.165, 1.54) is 16.7 Å². The number of nitrogens with zero attached hydrogens (tertiary/aromatic N) is 2. The molecule has 140 valence electrons. The molecular formula is C19H18ClN3O3S. The van der Waals surface area contributed by atoms with Crippen molar-refractivity contribution < 1.29 is 14.3 Å². The number of amides is 2. The van der Waals surface area contributed by atoms with Crippen LogP contribution in [0.15, 0.2) is 53.5 Å². The number of halogens is 1. The first kappa shape index (κ1) is 19.3. The Morgan fingerprint density at radius 3 is 2.74 bits per heavy atom. The van der Waals surface area contributed by atoms with Gasteiger partial charge in [-0.1, -0.05) is 29.4 Å². The lowest BCUT2D eigenvalue weighted by Gasteiger charge is -2.28. The third-order valence-corrected chi connectivity index (χ3v) is 5.44. The van der Waals surface area contributed by atoms with Crippen molar-refractivity contribution in [3.8, 4) is 5.75 Å². The van der Waals surface area contributed by atoms with Crippen molar-refractivity contribution in [2.75, 3.05) is 19.5 Å². The minimum atomic E-state index is -0.561. The van der Waals surface area contributed by atoms with Crippen LogP contribution in [-0.2, 0) is 9.59 Å². The zero-order chi connectivity index (χ0) is 19.4. The number of nitrogens with one attached hydrogen (secondary N) is 1. The summed E-state index contributed by atoms with van der Waals surface area (Å²) in [5, 5.41) is 3.31. The monoisotopic (exact) mass is 403 g/mol. The summed E-state index contributed by atoms with van der Waals surface area (Å²) in [7, 11) is 3.23. The van der Waals surface area contributed by atoms with Crippen LogP contribution >= 0.6 is 23.4 Å². The number of ether oxygens (including phenoxy) is 1. The van der Waals surface area contributed by atoms with Crippen molar-refractivity contribution in [3.05, 3.63) is 53.6 Å². The fraction of sp³-hybridized carbons (Fsp3) is 0.211. The highest BCUT2D eigenvalue weighted by Crippen LogP contribution is 2.30. The number of hydrogen-bond acceptors (Lipinski definition) is 5. The third-order valence-electron chi connectivity index (χ3n) is 3.95. The van der Waals surface area contributed by atoms with Crippen LogP contribution in [0.2, 0.25) is 5.02 Å². The maximum atomic E-state index is 12.6. The summed E-state index contributed by atoms with van der Waals surface area (Å²) < 4.78 is 5.20. The molecule has 6 nitrogen and oxygen atoms in total. The molecule has 0 aliphatic carbocycles. The molecule has 1 atom stereocenters. The van der Waals surface area contributed by atoms with Crippen LogP contribution in [0.4, 0.5) is 11.4 Å². The molecule has 2 aromatic rings. The Bertz CT molecular complexity index is 886. The van der Waals surface area contributed by atoms with E-state index in [9.17, 15) is 9.59 Å². The van der Waals surface area contributed by atoms with Gasteiger partial charge in [-0.15, -0.1) is 0 Å². The summed E-state index contributed by atoms with van der Waals surface area (Å²) in [6, 6.07) is 14.0. The number of amidine groups is 1. The van der Waals surface area contributed by atoms with Gasteiger partial charge in [0.2, 0.25) is 11.8 Å². The molecule has 0 radical (unpaired) electrons. The van der Waals surface area contributed by atoms with Gasteiger partial charge in [-0.3, -0.25) is 14.5 Å². The highest BCUT2D eigenvalue weighted by Gasteiger charge is 2.34. The lowest BCUT2D eigenvalue weighted by Crippen LogP contribution is -2.43. The summed E-state index contributed by atoms with van der Waals surface area (Å²) in [5.41, 5.74) is 1.28. The Hall–Kier alpha value is -2.51. The summed E-state index contributed by atoms with van der Waals surface area (Å²) in [6.45, 7) is 0. The highest BCUT2D eigenvalue weighted by molar-refractivity contribution is 8.15. The summed E-state index contributed by atoms with van der Waals surface area (Å²) in [6.07, 6.45) is 0.109. The second kappa shape index (κ2) is 8.45. The van der Waals surface area contributed by atoms with Crippen LogP contribution in [0, 0.1) is 0 Å². The molecule has 2 aromatic carbocycles. The molecule has 8 heteroatoms. The van der Waals surface area contributed by atoms with E-state index in [2.05, 4.69) is 10.3 Å². The van der Waals surface area contributed by atoms with Gasteiger partial charge in [0, 0.05) is 30.2 Å². The fourth-order valence-corrected chi connectivity index (χ4v) is 3.63. The van der Waals surface area contributed by atoms with Gasteiger partial charge < -0.3 is 10.1 Å². The number of anilines is 1. The standard InChI is InChI=1S/C19H18ClN3O3S/c1-23-17(24)11-16(18(25)21-13-8-6-12(20)7-9-13)27-19(23)22-14-4-3-5-15(10-14)26-2/h3-10,16H,11H2,1-2H3,(H,21,25). The van der Waals surface area contributed by atoms with Gasteiger partial charge in [0.05, 0.1) is 12.8 Å². The Balaban J connectivity index is 1.77. The van der Waals surface area contributed by atoms with Gasteiger partial charge in [0.15, 0.2) is 5.17 Å². The second-order valence-corrected chi connectivity index (χ2v) is 7.46. The highest BCUT2D eigenvalue weighted by atomic mass is 35.5. The molecule has 0 bridgehead atoms. The Labute approximate surface area is 166 Å². The topological polar surface area (TPSA) is 71.0 Å². The van der Waals surface area contributed by atoms with Gasteiger partial charge in [0.25, 0.3) is 0 Å². The van der Waals surface area contributed by atoms with Gasteiger partial charge in [-0.05, 0) is 36.4 Å². The van der Waals surface area contributed by atoms with Crippen LogP contribution in [-0.4, -0.2) is 41.3 Å². The summed E-state index contributed by atoms with van der Waals surface area (Å²) in [5.74, 6) is 0.262. The van der Waals surface area contributed by atoms with Crippen molar-refractivity contribution >= 4 is 51.7 Å². The van der Waals surface area contributed by atoms with E-state index in [1.54, 1.807) is 44.5 Å². The van der Waals surface area contributed by atoms with E-state index in [-0.39, 0.29) is 18.2 Å². The number of rotatable bonds is 4. The average molecular weight is 404 g/mol. The summed E-state index contributed by atoms with van der Waals surface area (Å²) in [4.78, 5) is 30.9. The maximum absolute atomic E-state index is 12.6. The Morgan fingerprint density at radius 2 is 2.04 bits per heavy atom. The van der Waals surface area contributed by atoms with Crippen molar-refractivity contribution in [1.82, 2.24) is 4.90 Å². The number of thioether (sulfide) groups is 1. The van der Waals surface area contributed by atoms with E-state index in [0.29, 0.717) is 27.3 Å². The van der Waals surface area contributed by atoms with E-state index in [4.69, 9.17) is 16.3 Å². The minimum Gasteiger partial charge on any atom is -0.497 e. The predicted molar refractivity (Wildman–Crippen MR) is 109 cm³/mol. The number of methoxy groups -OCH3 is 1. The zero-order valence-electron chi connectivity index (χ0n) is 14.8.